The van der Waals surface area contributed by atoms with Crippen LogP contribution >= 0.6 is 0 Å². The lowest BCUT2D eigenvalue weighted by molar-refractivity contribution is 0.0696. The van der Waals surface area contributed by atoms with Crippen LogP contribution in [0.25, 0.3) is 10.8 Å². The molecular formula is C12H10O4. The summed E-state index contributed by atoms with van der Waals surface area (Å²) in [4.78, 5) is 10.9. The average Bonchev–Trinajstić information content (AvgIpc) is 2.28. The summed E-state index contributed by atoms with van der Waals surface area (Å²) in [5.41, 5.74) is 0.0888. The molecule has 0 heterocycles. The summed E-state index contributed by atoms with van der Waals surface area (Å²) in [6.45, 7) is 0. The maximum absolute atomic E-state index is 10.9. The molecule has 0 aliphatic carbocycles. The number of hydrogen-bond acceptors (Lipinski definition) is 3. The molecule has 82 valence electrons. The Hall–Kier alpha value is -2.23. The first kappa shape index (κ1) is 10.3. The van der Waals surface area contributed by atoms with Gasteiger partial charge in [0, 0.05) is 10.8 Å². The highest BCUT2D eigenvalue weighted by atomic mass is 16.5. The first-order valence-electron chi connectivity index (χ1n) is 4.66. The zero-order chi connectivity index (χ0) is 11.7. The van der Waals surface area contributed by atoms with Gasteiger partial charge in [0.2, 0.25) is 0 Å². The number of aromatic carboxylic acids is 1. The van der Waals surface area contributed by atoms with Crippen molar-refractivity contribution in [3.05, 3.63) is 35.9 Å². The van der Waals surface area contributed by atoms with E-state index in [9.17, 15) is 9.90 Å². The maximum atomic E-state index is 10.9. The lowest BCUT2D eigenvalue weighted by Gasteiger charge is -2.08. The van der Waals surface area contributed by atoms with E-state index in [1.165, 1.54) is 25.3 Å². The molecule has 0 fully saturated rings. The molecule has 4 nitrogen and oxygen atoms in total. The van der Waals surface area contributed by atoms with Crippen LogP contribution in [0.1, 0.15) is 10.4 Å². The Bertz CT molecular complexity index is 560. The van der Waals surface area contributed by atoms with E-state index < -0.39 is 5.97 Å². The van der Waals surface area contributed by atoms with Gasteiger partial charge in [0.1, 0.15) is 11.5 Å². The van der Waals surface area contributed by atoms with Crippen LogP contribution in [0.3, 0.4) is 0 Å². The standard InChI is InChI=1S/C12H10O4/c1-16-11-6-7(12(14)15)5-9-8(11)3-2-4-10(9)13/h2-6,13H,1H3,(H,14,15). The molecule has 0 amide bonds. The van der Waals surface area contributed by atoms with E-state index >= 15 is 0 Å². The predicted octanol–water partition coefficient (Wildman–Crippen LogP) is 2.25. The summed E-state index contributed by atoms with van der Waals surface area (Å²) >= 11 is 0. The summed E-state index contributed by atoms with van der Waals surface area (Å²) in [6, 6.07) is 7.81. The van der Waals surface area contributed by atoms with Crippen LogP contribution in [0.5, 0.6) is 11.5 Å². The minimum Gasteiger partial charge on any atom is -0.507 e. The van der Waals surface area contributed by atoms with E-state index in [2.05, 4.69) is 0 Å². The minimum atomic E-state index is -1.05. The molecule has 0 aromatic heterocycles. The second-order valence-electron chi connectivity index (χ2n) is 3.36. The smallest absolute Gasteiger partial charge is 0.335 e. The molecule has 0 unspecified atom stereocenters. The van der Waals surface area contributed by atoms with Crippen LogP contribution in [0.2, 0.25) is 0 Å². The summed E-state index contributed by atoms with van der Waals surface area (Å²) in [7, 11) is 1.46. The van der Waals surface area contributed by atoms with Gasteiger partial charge in [-0.2, -0.15) is 0 Å². The Morgan fingerprint density at radius 3 is 2.62 bits per heavy atom. The van der Waals surface area contributed by atoms with Gasteiger partial charge in [0.15, 0.2) is 0 Å². The van der Waals surface area contributed by atoms with E-state index in [-0.39, 0.29) is 11.3 Å². The van der Waals surface area contributed by atoms with Crippen molar-refractivity contribution in [2.45, 2.75) is 0 Å². The van der Waals surface area contributed by atoms with Crippen LogP contribution in [-0.2, 0) is 0 Å². The number of carboxylic acid groups (broad SMARTS) is 1. The SMILES string of the molecule is COc1cc(C(=O)O)cc2c(O)cccc12. The fourth-order valence-electron chi connectivity index (χ4n) is 1.63. The van der Waals surface area contributed by atoms with Crippen molar-refractivity contribution in [2.75, 3.05) is 7.11 Å². The maximum Gasteiger partial charge on any atom is 0.335 e. The fraction of sp³-hybridized carbons (Fsp3) is 0.0833. The molecule has 2 N–H and O–H groups in total. The highest BCUT2D eigenvalue weighted by Crippen LogP contribution is 2.32. The van der Waals surface area contributed by atoms with Crippen molar-refractivity contribution < 1.29 is 19.7 Å². The van der Waals surface area contributed by atoms with Crippen molar-refractivity contribution in [1.82, 2.24) is 0 Å². The number of benzene rings is 2. The second-order valence-corrected chi connectivity index (χ2v) is 3.36. The van der Waals surface area contributed by atoms with Gasteiger partial charge in [-0.3, -0.25) is 0 Å². The zero-order valence-electron chi connectivity index (χ0n) is 8.60. The van der Waals surface area contributed by atoms with Gasteiger partial charge in [0.25, 0.3) is 0 Å². The quantitative estimate of drug-likeness (QED) is 0.811. The number of methoxy groups -OCH3 is 1. The zero-order valence-corrected chi connectivity index (χ0v) is 8.60. The van der Waals surface area contributed by atoms with Gasteiger partial charge < -0.3 is 14.9 Å². The van der Waals surface area contributed by atoms with Gasteiger partial charge in [0.05, 0.1) is 12.7 Å². The Kier molecular flexibility index (Phi) is 2.40. The molecule has 0 atom stereocenters. The van der Waals surface area contributed by atoms with Crippen molar-refractivity contribution in [2.24, 2.45) is 0 Å². The molecule has 4 heteroatoms. The number of phenolic OH excluding ortho intramolecular Hbond substituents is 1. The van der Waals surface area contributed by atoms with Crippen LogP contribution in [0.15, 0.2) is 30.3 Å². The summed E-state index contributed by atoms with van der Waals surface area (Å²) in [5.74, 6) is -0.576. The average molecular weight is 218 g/mol. The van der Waals surface area contributed by atoms with E-state index in [0.717, 1.165) is 0 Å². The van der Waals surface area contributed by atoms with Gasteiger partial charge in [-0.15, -0.1) is 0 Å². The van der Waals surface area contributed by atoms with E-state index in [1.807, 2.05) is 0 Å². The third kappa shape index (κ3) is 1.54. The van der Waals surface area contributed by atoms with Crippen LogP contribution in [0, 0.1) is 0 Å². The molecule has 0 bridgehead atoms. The predicted molar refractivity (Wildman–Crippen MR) is 59.1 cm³/mol. The van der Waals surface area contributed by atoms with E-state index in [4.69, 9.17) is 9.84 Å². The molecule has 0 saturated heterocycles. The molecule has 0 saturated carbocycles. The third-order valence-corrected chi connectivity index (χ3v) is 2.40. The minimum absolute atomic E-state index is 0.0406. The lowest BCUT2D eigenvalue weighted by Crippen LogP contribution is -1.97. The van der Waals surface area contributed by atoms with Gasteiger partial charge in [-0.25, -0.2) is 4.79 Å². The van der Waals surface area contributed by atoms with Crippen LogP contribution in [0.4, 0.5) is 0 Å². The Balaban J connectivity index is 2.84. The largest absolute Gasteiger partial charge is 0.507 e. The topological polar surface area (TPSA) is 66.8 Å². The molecule has 0 spiro atoms. The van der Waals surface area contributed by atoms with Crippen molar-refractivity contribution in [3.63, 3.8) is 0 Å². The highest BCUT2D eigenvalue weighted by Gasteiger charge is 2.11. The molecule has 0 aliphatic heterocycles. The van der Waals surface area contributed by atoms with Crippen LogP contribution in [-0.4, -0.2) is 23.3 Å². The monoisotopic (exact) mass is 218 g/mol. The molecule has 2 rings (SSSR count). The first-order chi connectivity index (χ1) is 7.63. The Morgan fingerprint density at radius 2 is 2.00 bits per heavy atom. The molecule has 2 aromatic carbocycles. The number of aromatic hydroxyl groups is 1. The second kappa shape index (κ2) is 3.73. The molecule has 0 radical (unpaired) electrons. The number of fused-ring (bicyclic) bond motifs is 1. The number of ether oxygens (including phenoxy) is 1. The molecule has 16 heavy (non-hydrogen) atoms. The number of carbonyl (C=O) groups is 1. The van der Waals surface area contributed by atoms with E-state index in [1.54, 1.807) is 12.1 Å². The lowest BCUT2D eigenvalue weighted by atomic mass is 10.0. The Morgan fingerprint density at radius 1 is 1.25 bits per heavy atom. The Labute approximate surface area is 91.7 Å². The number of hydrogen-bond donors (Lipinski definition) is 2. The number of carboxylic acids is 1. The summed E-state index contributed by atoms with van der Waals surface area (Å²) in [5, 5.41) is 19.7. The first-order valence-corrected chi connectivity index (χ1v) is 4.66. The van der Waals surface area contributed by atoms with Crippen molar-refractivity contribution in [1.29, 1.82) is 0 Å². The summed E-state index contributed by atoms with van der Waals surface area (Å²) < 4.78 is 5.10. The van der Waals surface area contributed by atoms with Crippen molar-refractivity contribution >= 4 is 16.7 Å². The molecular weight excluding hydrogens is 208 g/mol. The normalized spacial score (nSPS) is 10.3. The van der Waals surface area contributed by atoms with Gasteiger partial charge in [-0.1, -0.05) is 12.1 Å². The summed E-state index contributed by atoms with van der Waals surface area (Å²) in [6.07, 6.45) is 0. The van der Waals surface area contributed by atoms with E-state index in [0.29, 0.717) is 16.5 Å². The van der Waals surface area contributed by atoms with Gasteiger partial charge in [-0.05, 0) is 18.2 Å². The highest BCUT2D eigenvalue weighted by molar-refractivity contribution is 6.00. The third-order valence-electron chi connectivity index (χ3n) is 2.40. The number of phenols is 1. The fourth-order valence-corrected chi connectivity index (χ4v) is 1.63. The van der Waals surface area contributed by atoms with Gasteiger partial charge >= 0.3 is 5.97 Å². The van der Waals surface area contributed by atoms with Crippen molar-refractivity contribution in [3.8, 4) is 11.5 Å². The molecule has 2 aromatic rings. The number of rotatable bonds is 2. The molecule has 0 aliphatic rings. The van der Waals surface area contributed by atoms with Crippen LogP contribution < -0.4 is 4.74 Å².